The van der Waals surface area contributed by atoms with Gasteiger partial charge in [-0.05, 0) is 32.9 Å². The largest absolute Gasteiger partial charge is 0.462 e. The van der Waals surface area contributed by atoms with Crippen molar-refractivity contribution in [3.8, 4) is 11.6 Å². The quantitative estimate of drug-likeness (QED) is 0.179. The summed E-state index contributed by atoms with van der Waals surface area (Å²) in [5.41, 5.74) is 0.659. The van der Waals surface area contributed by atoms with E-state index >= 15 is 0 Å². The highest BCUT2D eigenvalue weighted by Crippen LogP contribution is 2.24. The molecular weight excluding hydrogens is 521 g/mol. The van der Waals surface area contributed by atoms with E-state index in [4.69, 9.17) is 9.15 Å². The zero-order chi connectivity index (χ0) is 20.8. The Labute approximate surface area is 195 Å². The van der Waals surface area contributed by atoms with Gasteiger partial charge in [-0.2, -0.15) is 0 Å². The van der Waals surface area contributed by atoms with Gasteiger partial charge in [0.2, 0.25) is 5.82 Å². The van der Waals surface area contributed by atoms with Crippen molar-refractivity contribution in [2.45, 2.75) is 33.4 Å². The number of esters is 1. The molecule has 0 aliphatic rings. The van der Waals surface area contributed by atoms with Crippen LogP contribution in [0.3, 0.4) is 0 Å². The predicted molar refractivity (Wildman–Crippen MR) is 124 cm³/mol. The number of aromatic nitrogens is 4. The van der Waals surface area contributed by atoms with Crippen molar-refractivity contribution < 1.29 is 13.9 Å². The van der Waals surface area contributed by atoms with Crippen molar-refractivity contribution in [2.24, 2.45) is 4.99 Å². The molecule has 0 aromatic carbocycles. The molecule has 0 aliphatic heterocycles. The van der Waals surface area contributed by atoms with Gasteiger partial charge in [0, 0.05) is 7.05 Å². The number of aromatic amines is 1. The molecule has 162 valence electrons. The van der Waals surface area contributed by atoms with E-state index in [0.717, 1.165) is 5.01 Å². The molecule has 0 radical (unpaired) electrons. The Morgan fingerprint density at radius 2 is 2.23 bits per heavy atom. The average molecular weight is 545 g/mol. The normalized spacial score (nSPS) is 12.2. The van der Waals surface area contributed by atoms with Gasteiger partial charge in [0.15, 0.2) is 11.7 Å². The lowest BCUT2D eigenvalue weighted by Crippen LogP contribution is -2.38. The van der Waals surface area contributed by atoms with E-state index < -0.39 is 0 Å². The zero-order valence-corrected chi connectivity index (χ0v) is 20.2. The first kappa shape index (κ1) is 23.8. The van der Waals surface area contributed by atoms with E-state index in [1.54, 1.807) is 39.3 Å². The smallest absolute Gasteiger partial charge is 0.350 e. The summed E-state index contributed by atoms with van der Waals surface area (Å²) in [6.07, 6.45) is 1.57. The molecule has 0 aliphatic carbocycles. The van der Waals surface area contributed by atoms with Crippen molar-refractivity contribution in [3.05, 3.63) is 39.8 Å². The second kappa shape index (κ2) is 11.1. The van der Waals surface area contributed by atoms with Gasteiger partial charge in [0.25, 0.3) is 0 Å². The molecule has 3 rings (SSSR count). The Kier molecular flexibility index (Phi) is 8.77. The third kappa shape index (κ3) is 5.78. The fraction of sp³-hybridized carbons (Fsp3) is 0.389. The molecule has 3 aromatic rings. The van der Waals surface area contributed by atoms with Crippen LogP contribution in [0.5, 0.6) is 0 Å². The summed E-state index contributed by atoms with van der Waals surface area (Å²) in [6.45, 7) is 6.25. The van der Waals surface area contributed by atoms with Crippen LogP contribution in [-0.4, -0.2) is 45.7 Å². The fourth-order valence-corrected chi connectivity index (χ4v) is 3.47. The lowest BCUT2D eigenvalue weighted by Gasteiger charge is -2.15. The molecule has 30 heavy (non-hydrogen) atoms. The Hall–Kier alpha value is -2.48. The molecule has 0 spiro atoms. The van der Waals surface area contributed by atoms with Crippen molar-refractivity contribution in [1.82, 2.24) is 30.8 Å². The maximum Gasteiger partial charge on any atom is 0.350 e. The third-order valence-corrected chi connectivity index (χ3v) is 5.24. The number of aryl methyl sites for hydroxylation is 1. The van der Waals surface area contributed by atoms with E-state index in [9.17, 15) is 4.79 Å². The molecule has 3 N–H and O–H groups in total. The highest BCUT2D eigenvalue weighted by molar-refractivity contribution is 14.0. The predicted octanol–water partition coefficient (Wildman–Crippen LogP) is 3.05. The van der Waals surface area contributed by atoms with Crippen LogP contribution in [0.2, 0.25) is 0 Å². The molecule has 10 nitrogen and oxygen atoms in total. The van der Waals surface area contributed by atoms with Crippen molar-refractivity contribution in [3.63, 3.8) is 0 Å². The summed E-state index contributed by atoms with van der Waals surface area (Å²) >= 11 is 1.31. The summed E-state index contributed by atoms with van der Waals surface area (Å²) in [5.74, 6) is 1.95. The van der Waals surface area contributed by atoms with Gasteiger partial charge in [0.1, 0.15) is 15.7 Å². The summed E-state index contributed by atoms with van der Waals surface area (Å²) in [5, 5.41) is 14.2. The van der Waals surface area contributed by atoms with Crippen LogP contribution in [-0.2, 0) is 11.3 Å². The van der Waals surface area contributed by atoms with Crippen LogP contribution < -0.4 is 10.6 Å². The van der Waals surface area contributed by atoms with Crippen molar-refractivity contribution in [1.29, 1.82) is 0 Å². The standard InChI is InChI=1S/C18H23N7O3S.HI/c1-5-27-17(26)14-10(2)21-16(29-14)11(3)22-18(19-4)20-9-13-23-15(25-24-13)12-7-6-8-28-12;/h6-8,11H,5,9H2,1-4H3,(H2,19,20,22)(H,23,24,25);1H. The molecule has 3 heterocycles. The maximum atomic E-state index is 12.0. The molecule has 1 unspecified atom stereocenters. The number of ether oxygens (including phenoxy) is 1. The number of aliphatic imine (C=N–C) groups is 1. The number of hydrogen-bond acceptors (Lipinski definition) is 8. The minimum atomic E-state index is -0.346. The van der Waals surface area contributed by atoms with Crippen LogP contribution in [0.1, 0.15) is 46.1 Å². The molecule has 0 fully saturated rings. The number of nitrogens with one attached hydrogen (secondary N) is 3. The molecule has 0 bridgehead atoms. The van der Waals surface area contributed by atoms with Gasteiger partial charge in [-0.3, -0.25) is 10.1 Å². The number of carbonyl (C=O) groups excluding carboxylic acids is 1. The monoisotopic (exact) mass is 545 g/mol. The van der Waals surface area contributed by atoms with E-state index in [2.05, 4.69) is 35.8 Å². The topological polar surface area (TPSA) is 130 Å². The van der Waals surface area contributed by atoms with Crippen LogP contribution in [0, 0.1) is 6.92 Å². The molecular formula is C18H24IN7O3S. The maximum absolute atomic E-state index is 12.0. The summed E-state index contributed by atoms with van der Waals surface area (Å²) in [7, 11) is 1.67. The average Bonchev–Trinajstić information content (AvgIpc) is 3.45. The number of carbonyl (C=O) groups is 1. The second-order valence-electron chi connectivity index (χ2n) is 6.06. The van der Waals surface area contributed by atoms with Gasteiger partial charge in [-0.15, -0.1) is 40.4 Å². The van der Waals surface area contributed by atoms with E-state index in [1.165, 1.54) is 11.3 Å². The fourth-order valence-electron chi connectivity index (χ4n) is 2.51. The third-order valence-electron chi connectivity index (χ3n) is 3.92. The number of furan rings is 1. The number of halogens is 1. The number of H-pyrrole nitrogens is 1. The number of guanidine groups is 1. The second-order valence-corrected chi connectivity index (χ2v) is 7.09. The van der Waals surface area contributed by atoms with Crippen LogP contribution in [0.15, 0.2) is 27.8 Å². The first-order valence-corrected chi connectivity index (χ1v) is 9.90. The highest BCUT2D eigenvalue weighted by Gasteiger charge is 2.20. The van der Waals surface area contributed by atoms with Crippen molar-refractivity contribution in [2.75, 3.05) is 13.7 Å². The van der Waals surface area contributed by atoms with E-state index in [-0.39, 0.29) is 36.0 Å². The first-order chi connectivity index (χ1) is 14.0. The number of nitrogens with zero attached hydrogens (tertiary/aromatic N) is 4. The zero-order valence-electron chi connectivity index (χ0n) is 17.1. The molecule has 3 aromatic heterocycles. The Balaban J connectivity index is 0.00000320. The Morgan fingerprint density at radius 1 is 1.43 bits per heavy atom. The molecule has 1 atom stereocenters. The van der Waals surface area contributed by atoms with E-state index in [1.807, 2.05) is 6.92 Å². The lowest BCUT2D eigenvalue weighted by molar-refractivity contribution is 0.0531. The van der Waals surface area contributed by atoms with Gasteiger partial charge in [-0.25, -0.2) is 14.8 Å². The highest BCUT2D eigenvalue weighted by atomic mass is 127. The van der Waals surface area contributed by atoms with Crippen LogP contribution in [0.25, 0.3) is 11.6 Å². The minimum Gasteiger partial charge on any atom is -0.462 e. The van der Waals surface area contributed by atoms with Crippen LogP contribution >= 0.6 is 35.3 Å². The molecule has 12 heteroatoms. The SMILES string of the molecule is CCOC(=O)c1sc(C(C)NC(=NC)NCc2nc(-c3ccco3)n[nH]2)nc1C.I. The number of thiazole rings is 1. The molecule has 0 saturated heterocycles. The molecule has 0 amide bonds. The van der Waals surface area contributed by atoms with Crippen LogP contribution in [0.4, 0.5) is 0 Å². The van der Waals surface area contributed by atoms with Crippen molar-refractivity contribution >= 4 is 47.2 Å². The summed E-state index contributed by atoms with van der Waals surface area (Å²) < 4.78 is 10.4. The van der Waals surface area contributed by atoms with Gasteiger partial charge >= 0.3 is 5.97 Å². The summed E-state index contributed by atoms with van der Waals surface area (Å²) in [6, 6.07) is 3.43. The van der Waals surface area contributed by atoms with Gasteiger partial charge in [-0.1, -0.05) is 0 Å². The summed E-state index contributed by atoms with van der Waals surface area (Å²) in [4.78, 5) is 25.6. The van der Waals surface area contributed by atoms with E-state index in [0.29, 0.717) is 47.1 Å². The lowest BCUT2D eigenvalue weighted by atomic mass is 10.3. The first-order valence-electron chi connectivity index (χ1n) is 9.08. The Bertz CT molecular complexity index is 984. The number of hydrogen-bond donors (Lipinski definition) is 3. The Morgan fingerprint density at radius 3 is 2.90 bits per heavy atom. The van der Waals surface area contributed by atoms with Gasteiger partial charge in [0.05, 0.1) is 31.2 Å². The number of rotatable bonds is 7. The molecule has 0 saturated carbocycles. The minimum absolute atomic E-state index is 0. The van der Waals surface area contributed by atoms with Gasteiger partial charge < -0.3 is 19.8 Å².